The van der Waals surface area contributed by atoms with Gasteiger partial charge in [0.25, 0.3) is 5.56 Å². The topological polar surface area (TPSA) is 88.4 Å². The molecule has 1 atom stereocenters. The highest BCUT2D eigenvalue weighted by Crippen LogP contribution is 2.20. The molecule has 0 aliphatic rings. The van der Waals surface area contributed by atoms with Crippen LogP contribution in [0.3, 0.4) is 0 Å². The van der Waals surface area contributed by atoms with Crippen molar-refractivity contribution in [2.24, 2.45) is 0 Å². The molecule has 0 aliphatic carbocycles. The fourth-order valence-corrected chi connectivity index (χ4v) is 2.31. The highest BCUT2D eigenvalue weighted by atomic mass is 16.4. The maximum atomic E-state index is 12.1. The Hall–Kier alpha value is -2.89. The molecule has 2 rings (SSSR count). The van der Waals surface area contributed by atoms with Gasteiger partial charge in [-0.2, -0.15) is 0 Å². The van der Waals surface area contributed by atoms with Crippen molar-refractivity contribution in [3.05, 3.63) is 64.1 Å². The Morgan fingerprint density at radius 2 is 1.88 bits per heavy atom. The molecule has 0 saturated carbocycles. The van der Waals surface area contributed by atoms with Gasteiger partial charge < -0.3 is 15.0 Å². The van der Waals surface area contributed by atoms with Gasteiger partial charge in [0.05, 0.1) is 0 Å². The minimum atomic E-state index is -1.31. The number of amides is 1. The van der Waals surface area contributed by atoms with Crippen molar-refractivity contribution in [2.75, 3.05) is 5.32 Å². The summed E-state index contributed by atoms with van der Waals surface area (Å²) in [6.07, 6.45) is 2.43. The summed E-state index contributed by atoms with van der Waals surface area (Å²) >= 11 is 0. The van der Waals surface area contributed by atoms with E-state index in [-0.39, 0.29) is 12.1 Å². The van der Waals surface area contributed by atoms with Gasteiger partial charge in [-0.3, -0.25) is 9.59 Å². The number of carboxylic acid groups (broad SMARTS) is 1. The van der Waals surface area contributed by atoms with Gasteiger partial charge in [-0.15, -0.1) is 0 Å². The molecule has 1 heterocycles. The minimum Gasteiger partial charge on any atom is -0.477 e. The second kappa shape index (κ2) is 7.59. The molecule has 24 heavy (non-hydrogen) atoms. The number of nitrogens with zero attached hydrogens (tertiary/aromatic N) is 1. The van der Waals surface area contributed by atoms with E-state index in [0.717, 1.165) is 11.0 Å². The molecule has 0 saturated heterocycles. The fraction of sp³-hybridized carbons (Fsp3) is 0.278. The Morgan fingerprint density at radius 1 is 1.21 bits per heavy atom. The molecule has 1 unspecified atom stereocenters. The molecule has 2 aromatic rings. The van der Waals surface area contributed by atoms with E-state index >= 15 is 0 Å². The summed E-state index contributed by atoms with van der Waals surface area (Å²) in [6.45, 7) is 4.01. The first-order chi connectivity index (χ1) is 11.4. The lowest BCUT2D eigenvalue weighted by molar-refractivity contribution is -0.116. The summed E-state index contributed by atoms with van der Waals surface area (Å²) in [5.74, 6) is -1.25. The molecule has 6 heteroatoms. The molecular weight excluding hydrogens is 308 g/mol. The van der Waals surface area contributed by atoms with E-state index in [1.807, 2.05) is 24.3 Å². The zero-order chi connectivity index (χ0) is 17.7. The van der Waals surface area contributed by atoms with Gasteiger partial charge in [0.1, 0.15) is 12.1 Å². The molecule has 0 fully saturated rings. The number of rotatable bonds is 6. The lowest BCUT2D eigenvalue weighted by Gasteiger charge is -2.11. The zero-order valence-corrected chi connectivity index (χ0v) is 13.7. The van der Waals surface area contributed by atoms with E-state index < -0.39 is 17.4 Å². The predicted octanol–water partition coefficient (Wildman–Crippen LogP) is 2.70. The van der Waals surface area contributed by atoms with Crippen LogP contribution in [-0.4, -0.2) is 21.6 Å². The number of pyridine rings is 1. The molecule has 6 nitrogen and oxygen atoms in total. The lowest BCUT2D eigenvalue weighted by Crippen LogP contribution is -2.30. The van der Waals surface area contributed by atoms with E-state index in [4.69, 9.17) is 5.11 Å². The van der Waals surface area contributed by atoms with Crippen molar-refractivity contribution in [2.45, 2.75) is 32.7 Å². The van der Waals surface area contributed by atoms with E-state index in [9.17, 15) is 14.4 Å². The van der Waals surface area contributed by atoms with Crippen molar-refractivity contribution in [1.82, 2.24) is 4.57 Å². The number of hydrogen-bond acceptors (Lipinski definition) is 3. The van der Waals surface area contributed by atoms with Crippen LogP contribution in [-0.2, 0) is 11.3 Å². The lowest BCUT2D eigenvalue weighted by atomic mass is 9.99. The molecule has 1 amide bonds. The molecule has 0 aliphatic heterocycles. The zero-order valence-electron chi connectivity index (χ0n) is 13.7. The van der Waals surface area contributed by atoms with Gasteiger partial charge in [0, 0.05) is 11.9 Å². The number of carbonyl (C=O) groups excluding carboxylic acids is 1. The number of aromatic carboxylic acids is 1. The van der Waals surface area contributed by atoms with Gasteiger partial charge in [0.15, 0.2) is 0 Å². The van der Waals surface area contributed by atoms with Crippen molar-refractivity contribution in [3.8, 4) is 0 Å². The summed E-state index contributed by atoms with van der Waals surface area (Å²) in [4.78, 5) is 35.0. The quantitative estimate of drug-likeness (QED) is 0.853. The molecule has 0 spiro atoms. The monoisotopic (exact) mass is 328 g/mol. The van der Waals surface area contributed by atoms with Crippen molar-refractivity contribution >= 4 is 17.6 Å². The Morgan fingerprint density at radius 3 is 2.46 bits per heavy atom. The third kappa shape index (κ3) is 4.10. The summed E-state index contributed by atoms with van der Waals surface area (Å²) in [5.41, 5.74) is 0.769. The average Bonchev–Trinajstić information content (AvgIpc) is 2.56. The van der Waals surface area contributed by atoms with Gasteiger partial charge in [0.2, 0.25) is 5.91 Å². The van der Waals surface area contributed by atoms with E-state index in [1.54, 1.807) is 0 Å². The number of benzene rings is 1. The van der Waals surface area contributed by atoms with Crippen molar-refractivity contribution < 1.29 is 14.7 Å². The number of hydrogen-bond donors (Lipinski definition) is 2. The first-order valence-electron chi connectivity index (χ1n) is 7.75. The van der Waals surface area contributed by atoms with Crippen LogP contribution in [0.15, 0.2) is 47.4 Å². The first-order valence-corrected chi connectivity index (χ1v) is 7.75. The maximum absolute atomic E-state index is 12.1. The third-order valence-electron chi connectivity index (χ3n) is 3.94. The van der Waals surface area contributed by atoms with Crippen LogP contribution in [0.1, 0.15) is 42.1 Å². The molecule has 126 valence electrons. The second-order valence-corrected chi connectivity index (χ2v) is 5.64. The maximum Gasteiger partial charge on any atom is 0.341 e. The highest BCUT2D eigenvalue weighted by molar-refractivity contribution is 5.91. The van der Waals surface area contributed by atoms with Gasteiger partial charge in [-0.1, -0.05) is 26.0 Å². The van der Waals surface area contributed by atoms with Gasteiger partial charge in [-0.25, -0.2) is 4.79 Å². The standard InChI is InChI=1S/C18H20N2O4/c1-3-12(2)13-6-8-14(9-7-13)19-16(21)11-20-10-4-5-15(17(20)22)18(23)24/h4-10,12H,3,11H2,1-2H3,(H,19,21)(H,23,24). The Bertz CT molecular complexity index is 793. The largest absolute Gasteiger partial charge is 0.477 e. The number of carbonyl (C=O) groups is 2. The summed E-state index contributed by atoms with van der Waals surface area (Å²) in [7, 11) is 0. The Balaban J connectivity index is 2.07. The van der Waals surface area contributed by atoms with Crippen LogP contribution >= 0.6 is 0 Å². The van der Waals surface area contributed by atoms with E-state index in [2.05, 4.69) is 19.2 Å². The van der Waals surface area contributed by atoms with E-state index in [1.165, 1.54) is 23.9 Å². The normalized spacial score (nSPS) is 11.8. The van der Waals surface area contributed by atoms with Crippen LogP contribution < -0.4 is 10.9 Å². The average molecular weight is 328 g/mol. The Labute approximate surface area is 139 Å². The Kier molecular flexibility index (Phi) is 5.52. The number of carboxylic acids is 1. The summed E-state index contributed by atoms with van der Waals surface area (Å²) < 4.78 is 1.08. The van der Waals surface area contributed by atoms with Gasteiger partial charge in [-0.05, 0) is 42.2 Å². The van der Waals surface area contributed by atoms with Crippen LogP contribution in [0, 0.1) is 0 Å². The smallest absolute Gasteiger partial charge is 0.341 e. The summed E-state index contributed by atoms with van der Waals surface area (Å²) in [6, 6.07) is 10.2. The van der Waals surface area contributed by atoms with Gasteiger partial charge >= 0.3 is 5.97 Å². The van der Waals surface area contributed by atoms with Crippen molar-refractivity contribution in [1.29, 1.82) is 0 Å². The van der Waals surface area contributed by atoms with Crippen LogP contribution in [0.25, 0.3) is 0 Å². The molecule has 2 N–H and O–H groups in total. The van der Waals surface area contributed by atoms with Crippen LogP contribution in [0.5, 0.6) is 0 Å². The first kappa shape index (κ1) is 17.5. The molecular formula is C18H20N2O4. The summed E-state index contributed by atoms with van der Waals surface area (Å²) in [5, 5.41) is 11.6. The molecule has 0 bridgehead atoms. The van der Waals surface area contributed by atoms with Crippen molar-refractivity contribution in [3.63, 3.8) is 0 Å². The molecule has 1 aromatic heterocycles. The predicted molar refractivity (Wildman–Crippen MR) is 91.4 cm³/mol. The SMILES string of the molecule is CCC(C)c1ccc(NC(=O)Cn2cccc(C(=O)O)c2=O)cc1. The molecule has 0 radical (unpaired) electrons. The van der Waals surface area contributed by atoms with Crippen LogP contribution in [0.4, 0.5) is 5.69 Å². The van der Waals surface area contributed by atoms with Crippen LogP contribution in [0.2, 0.25) is 0 Å². The fourth-order valence-electron chi connectivity index (χ4n) is 2.31. The number of nitrogens with one attached hydrogen (secondary N) is 1. The third-order valence-corrected chi connectivity index (χ3v) is 3.94. The second-order valence-electron chi connectivity index (χ2n) is 5.64. The van der Waals surface area contributed by atoms with E-state index in [0.29, 0.717) is 11.6 Å². The highest BCUT2D eigenvalue weighted by Gasteiger charge is 2.12. The molecule has 1 aromatic carbocycles. The number of anilines is 1. The number of aromatic nitrogens is 1. The minimum absolute atomic E-state index is 0.243.